The largest absolute Gasteiger partial charge is 0.326 e. The molecule has 102 valence electrons. The van der Waals surface area contributed by atoms with Gasteiger partial charge < -0.3 is 5.73 Å². The third-order valence-electron chi connectivity index (χ3n) is 2.88. The van der Waals surface area contributed by atoms with Gasteiger partial charge in [-0.25, -0.2) is 8.42 Å². The second-order valence-electron chi connectivity index (χ2n) is 4.29. The molecule has 0 aliphatic rings. The number of rotatable bonds is 4. The lowest BCUT2D eigenvalue weighted by atomic mass is 10.2. The highest BCUT2D eigenvalue weighted by Crippen LogP contribution is 2.26. The van der Waals surface area contributed by atoms with Crippen molar-refractivity contribution in [2.24, 2.45) is 5.73 Å². The van der Waals surface area contributed by atoms with Gasteiger partial charge in [0.25, 0.3) is 10.0 Å². The Balaban J connectivity index is 2.36. The number of sulfonamides is 1. The van der Waals surface area contributed by atoms with Crippen LogP contribution < -0.4 is 10.0 Å². The van der Waals surface area contributed by atoms with Crippen molar-refractivity contribution < 1.29 is 8.42 Å². The number of anilines is 1. The van der Waals surface area contributed by atoms with Gasteiger partial charge in [-0.05, 0) is 36.1 Å². The van der Waals surface area contributed by atoms with Crippen LogP contribution in [0.5, 0.6) is 0 Å². The van der Waals surface area contributed by atoms with Gasteiger partial charge in [0, 0.05) is 13.6 Å². The molecule has 1 aromatic heterocycles. The summed E-state index contributed by atoms with van der Waals surface area (Å²) in [5.41, 5.74) is 8.08. The molecule has 2 rings (SSSR count). The fourth-order valence-corrected chi connectivity index (χ4v) is 4.21. The van der Waals surface area contributed by atoms with E-state index in [1.165, 1.54) is 15.6 Å². The Bertz CT molecular complexity index is 660. The quantitative estimate of drug-likeness (QED) is 0.942. The van der Waals surface area contributed by atoms with Crippen LogP contribution in [-0.2, 0) is 16.6 Å². The molecular weight excluding hydrogens is 280 g/mol. The van der Waals surface area contributed by atoms with Crippen molar-refractivity contribution in [1.29, 1.82) is 0 Å². The lowest BCUT2D eigenvalue weighted by molar-refractivity contribution is 0.596. The maximum absolute atomic E-state index is 12.4. The molecule has 0 bridgehead atoms. The maximum Gasteiger partial charge on any atom is 0.273 e. The third kappa shape index (κ3) is 2.80. The summed E-state index contributed by atoms with van der Waals surface area (Å²) in [4.78, 5) is 0. The molecule has 0 saturated carbocycles. The summed E-state index contributed by atoms with van der Waals surface area (Å²) in [5, 5.41) is 1.77. The highest BCUT2D eigenvalue weighted by Gasteiger charge is 2.23. The fraction of sp³-hybridized carbons (Fsp3) is 0.231. The molecule has 1 aromatic carbocycles. The molecule has 0 spiro atoms. The molecule has 0 atom stereocenters. The smallest absolute Gasteiger partial charge is 0.273 e. The van der Waals surface area contributed by atoms with Crippen molar-refractivity contribution in [3.05, 3.63) is 46.8 Å². The molecule has 1 heterocycles. The molecule has 0 unspecified atom stereocenters. The van der Waals surface area contributed by atoms with Crippen LogP contribution in [-0.4, -0.2) is 15.5 Å². The number of aryl methyl sites for hydroxylation is 1. The lowest BCUT2D eigenvalue weighted by Gasteiger charge is -2.18. The van der Waals surface area contributed by atoms with E-state index < -0.39 is 10.0 Å². The summed E-state index contributed by atoms with van der Waals surface area (Å²) >= 11 is 1.20. The average Bonchev–Trinajstić information content (AvgIpc) is 2.88. The molecule has 2 aromatic rings. The number of nitrogens with two attached hydrogens (primary N) is 1. The van der Waals surface area contributed by atoms with E-state index in [1.54, 1.807) is 30.6 Å². The van der Waals surface area contributed by atoms with E-state index in [9.17, 15) is 8.42 Å². The zero-order valence-corrected chi connectivity index (χ0v) is 12.5. The minimum absolute atomic E-state index is 0.316. The van der Waals surface area contributed by atoms with Gasteiger partial charge in [0.15, 0.2) is 0 Å². The van der Waals surface area contributed by atoms with Gasteiger partial charge >= 0.3 is 0 Å². The Morgan fingerprint density at radius 3 is 2.42 bits per heavy atom. The van der Waals surface area contributed by atoms with E-state index in [-0.39, 0.29) is 0 Å². The molecule has 6 heteroatoms. The SMILES string of the molecule is Cc1ccc(N(C)S(=O)(=O)c2cc(CN)cs2)cc1. The van der Waals surface area contributed by atoms with Gasteiger partial charge in [-0.3, -0.25) is 4.31 Å². The second kappa shape index (κ2) is 5.32. The Morgan fingerprint density at radius 1 is 1.26 bits per heavy atom. The first-order valence-corrected chi connectivity index (χ1v) is 8.10. The Hall–Kier alpha value is -1.37. The molecule has 19 heavy (non-hydrogen) atoms. The molecule has 4 nitrogen and oxygen atoms in total. The van der Waals surface area contributed by atoms with Crippen LogP contribution >= 0.6 is 11.3 Å². The second-order valence-corrected chi connectivity index (χ2v) is 7.39. The summed E-state index contributed by atoms with van der Waals surface area (Å²) in [6.07, 6.45) is 0. The van der Waals surface area contributed by atoms with Crippen LogP contribution in [0.4, 0.5) is 5.69 Å². The maximum atomic E-state index is 12.4. The summed E-state index contributed by atoms with van der Waals surface area (Å²) in [5.74, 6) is 0. The summed E-state index contributed by atoms with van der Waals surface area (Å²) < 4.78 is 26.5. The van der Waals surface area contributed by atoms with E-state index in [0.29, 0.717) is 16.4 Å². The molecule has 0 radical (unpaired) electrons. The zero-order chi connectivity index (χ0) is 14.0. The first-order valence-electron chi connectivity index (χ1n) is 5.78. The Kier molecular flexibility index (Phi) is 3.93. The standard InChI is InChI=1S/C13H16N2O2S2/c1-10-3-5-12(6-4-10)15(2)19(16,17)13-7-11(8-14)9-18-13/h3-7,9H,8,14H2,1-2H3. The predicted octanol–water partition coefficient (Wildman–Crippen LogP) is 2.34. The lowest BCUT2D eigenvalue weighted by Crippen LogP contribution is -2.25. The van der Waals surface area contributed by atoms with Crippen molar-refractivity contribution >= 4 is 27.0 Å². The van der Waals surface area contributed by atoms with Crippen LogP contribution in [0.25, 0.3) is 0 Å². The van der Waals surface area contributed by atoms with Crippen molar-refractivity contribution in [2.45, 2.75) is 17.7 Å². The Morgan fingerprint density at radius 2 is 1.89 bits per heavy atom. The molecule has 0 saturated heterocycles. The van der Waals surface area contributed by atoms with Gasteiger partial charge in [-0.15, -0.1) is 11.3 Å². The minimum Gasteiger partial charge on any atom is -0.326 e. The number of hydrogen-bond acceptors (Lipinski definition) is 4. The highest BCUT2D eigenvalue weighted by molar-refractivity contribution is 7.94. The zero-order valence-electron chi connectivity index (χ0n) is 10.8. The molecule has 0 fully saturated rings. The molecule has 2 N–H and O–H groups in total. The van der Waals surface area contributed by atoms with Crippen LogP contribution in [0.2, 0.25) is 0 Å². The summed E-state index contributed by atoms with van der Waals surface area (Å²) in [7, 11) is -1.94. The topological polar surface area (TPSA) is 63.4 Å². The van der Waals surface area contributed by atoms with Crippen LogP contribution in [0.1, 0.15) is 11.1 Å². The number of thiophene rings is 1. The first kappa shape index (κ1) is 14.0. The molecular formula is C13H16N2O2S2. The van der Waals surface area contributed by atoms with Gasteiger partial charge in [-0.1, -0.05) is 17.7 Å². The average molecular weight is 296 g/mol. The Labute approximate surface area is 117 Å². The van der Waals surface area contributed by atoms with Crippen molar-refractivity contribution in [2.75, 3.05) is 11.4 Å². The molecule has 0 amide bonds. The number of benzene rings is 1. The first-order chi connectivity index (χ1) is 8.95. The van der Waals surface area contributed by atoms with Gasteiger partial charge in [-0.2, -0.15) is 0 Å². The molecule has 0 aliphatic heterocycles. The van der Waals surface area contributed by atoms with Crippen molar-refractivity contribution in [3.8, 4) is 0 Å². The summed E-state index contributed by atoms with van der Waals surface area (Å²) in [6, 6.07) is 9.00. The normalized spacial score (nSPS) is 11.5. The van der Waals surface area contributed by atoms with Gasteiger partial charge in [0.1, 0.15) is 4.21 Å². The van der Waals surface area contributed by atoms with Gasteiger partial charge in [0.2, 0.25) is 0 Å². The van der Waals surface area contributed by atoms with E-state index in [2.05, 4.69) is 0 Å². The minimum atomic E-state index is -3.50. The number of hydrogen-bond donors (Lipinski definition) is 1. The fourth-order valence-electron chi connectivity index (χ4n) is 1.62. The van der Waals surface area contributed by atoms with Crippen molar-refractivity contribution in [3.63, 3.8) is 0 Å². The van der Waals surface area contributed by atoms with E-state index in [0.717, 1.165) is 11.1 Å². The van der Waals surface area contributed by atoms with E-state index >= 15 is 0 Å². The predicted molar refractivity (Wildman–Crippen MR) is 79.0 cm³/mol. The van der Waals surface area contributed by atoms with Crippen LogP contribution in [0.15, 0.2) is 39.9 Å². The van der Waals surface area contributed by atoms with Crippen LogP contribution in [0, 0.1) is 6.92 Å². The van der Waals surface area contributed by atoms with Crippen molar-refractivity contribution in [1.82, 2.24) is 0 Å². The third-order valence-corrected chi connectivity index (χ3v) is 6.13. The molecule has 0 aliphatic carbocycles. The highest BCUT2D eigenvalue weighted by atomic mass is 32.2. The summed E-state index contributed by atoms with van der Waals surface area (Å²) in [6.45, 7) is 2.31. The van der Waals surface area contributed by atoms with E-state index in [1.807, 2.05) is 19.1 Å². The van der Waals surface area contributed by atoms with Gasteiger partial charge in [0.05, 0.1) is 5.69 Å². The van der Waals surface area contributed by atoms with Crippen LogP contribution in [0.3, 0.4) is 0 Å². The monoisotopic (exact) mass is 296 g/mol. The van der Waals surface area contributed by atoms with E-state index in [4.69, 9.17) is 5.73 Å². The number of nitrogens with zero attached hydrogens (tertiary/aromatic N) is 1.